The van der Waals surface area contributed by atoms with Gasteiger partial charge in [-0.3, -0.25) is 4.79 Å². The Kier molecular flexibility index (Phi) is 5.36. The Hall–Kier alpha value is -0.870. The van der Waals surface area contributed by atoms with Crippen molar-refractivity contribution in [2.24, 2.45) is 0 Å². The first kappa shape index (κ1) is 12.2. The monoisotopic (exact) mass is 226 g/mol. The summed E-state index contributed by atoms with van der Waals surface area (Å²) in [5.74, 6) is 0.112. The van der Waals surface area contributed by atoms with Crippen LogP contribution in [0.2, 0.25) is 0 Å². The standard InChI is InChI=1S/C11H18N2OS/c1-9(10-5-4-8-15-10)13-7-3-6-11(14)12-2/h4-5,8-9,13H,3,6-7H2,1-2H3,(H,12,14)/t9-/m1/s1. The van der Waals surface area contributed by atoms with Crippen molar-refractivity contribution in [3.8, 4) is 0 Å². The van der Waals surface area contributed by atoms with Crippen LogP contribution in [0, 0.1) is 0 Å². The van der Waals surface area contributed by atoms with Crippen LogP contribution in [0.4, 0.5) is 0 Å². The van der Waals surface area contributed by atoms with Gasteiger partial charge in [-0.15, -0.1) is 11.3 Å². The number of thiophene rings is 1. The molecule has 0 radical (unpaired) electrons. The Morgan fingerprint density at radius 2 is 2.40 bits per heavy atom. The number of carbonyl (C=O) groups is 1. The van der Waals surface area contributed by atoms with Crippen LogP contribution < -0.4 is 10.6 Å². The smallest absolute Gasteiger partial charge is 0.219 e. The second-order valence-corrected chi connectivity index (χ2v) is 4.45. The fraction of sp³-hybridized carbons (Fsp3) is 0.545. The predicted octanol–water partition coefficient (Wildman–Crippen LogP) is 1.92. The molecule has 84 valence electrons. The van der Waals surface area contributed by atoms with Crippen LogP contribution in [0.3, 0.4) is 0 Å². The maximum atomic E-state index is 10.9. The Morgan fingerprint density at radius 3 is 3.00 bits per heavy atom. The first-order valence-corrected chi connectivity index (χ1v) is 6.09. The molecule has 1 heterocycles. The molecule has 1 aromatic heterocycles. The van der Waals surface area contributed by atoms with E-state index in [1.807, 2.05) is 0 Å². The summed E-state index contributed by atoms with van der Waals surface area (Å²) in [4.78, 5) is 12.3. The van der Waals surface area contributed by atoms with Gasteiger partial charge in [0.2, 0.25) is 5.91 Å². The largest absolute Gasteiger partial charge is 0.359 e. The zero-order chi connectivity index (χ0) is 11.1. The van der Waals surface area contributed by atoms with Gasteiger partial charge in [0.25, 0.3) is 0 Å². The van der Waals surface area contributed by atoms with Gasteiger partial charge in [-0.05, 0) is 31.3 Å². The summed E-state index contributed by atoms with van der Waals surface area (Å²) >= 11 is 1.76. The number of amides is 1. The number of hydrogen-bond donors (Lipinski definition) is 2. The van der Waals surface area contributed by atoms with Crippen LogP contribution in [-0.4, -0.2) is 19.5 Å². The number of hydrogen-bond acceptors (Lipinski definition) is 3. The highest BCUT2D eigenvalue weighted by Crippen LogP contribution is 2.17. The van der Waals surface area contributed by atoms with Gasteiger partial charge in [0, 0.05) is 24.4 Å². The first-order chi connectivity index (χ1) is 7.24. The van der Waals surface area contributed by atoms with E-state index in [-0.39, 0.29) is 5.91 Å². The molecule has 0 spiro atoms. The van der Waals surface area contributed by atoms with Crippen molar-refractivity contribution in [1.29, 1.82) is 0 Å². The molecule has 0 aromatic carbocycles. The van der Waals surface area contributed by atoms with Crippen molar-refractivity contribution in [3.05, 3.63) is 22.4 Å². The van der Waals surface area contributed by atoms with E-state index < -0.39 is 0 Å². The summed E-state index contributed by atoms with van der Waals surface area (Å²) in [6.07, 6.45) is 1.48. The third-order valence-electron chi connectivity index (χ3n) is 2.28. The minimum absolute atomic E-state index is 0.112. The molecule has 0 aliphatic rings. The van der Waals surface area contributed by atoms with E-state index >= 15 is 0 Å². The molecule has 0 unspecified atom stereocenters. The van der Waals surface area contributed by atoms with Crippen LogP contribution in [0.15, 0.2) is 17.5 Å². The molecular weight excluding hydrogens is 208 g/mol. The second kappa shape index (κ2) is 6.58. The van der Waals surface area contributed by atoms with Crippen LogP contribution in [0.5, 0.6) is 0 Å². The number of nitrogens with one attached hydrogen (secondary N) is 2. The van der Waals surface area contributed by atoms with Crippen molar-refractivity contribution in [2.75, 3.05) is 13.6 Å². The molecule has 15 heavy (non-hydrogen) atoms. The van der Waals surface area contributed by atoms with Crippen molar-refractivity contribution in [3.63, 3.8) is 0 Å². The maximum Gasteiger partial charge on any atom is 0.219 e. The summed E-state index contributed by atoms with van der Waals surface area (Å²) in [5.41, 5.74) is 0. The Balaban J connectivity index is 2.13. The minimum Gasteiger partial charge on any atom is -0.359 e. The lowest BCUT2D eigenvalue weighted by Gasteiger charge is -2.11. The van der Waals surface area contributed by atoms with Crippen LogP contribution in [0.1, 0.15) is 30.7 Å². The van der Waals surface area contributed by atoms with Gasteiger partial charge < -0.3 is 10.6 Å². The molecular formula is C11H18N2OS. The van der Waals surface area contributed by atoms with E-state index in [1.54, 1.807) is 18.4 Å². The molecule has 1 atom stereocenters. The summed E-state index contributed by atoms with van der Waals surface area (Å²) in [6, 6.07) is 4.57. The molecule has 1 amide bonds. The lowest BCUT2D eigenvalue weighted by atomic mass is 10.2. The van der Waals surface area contributed by atoms with Crippen molar-refractivity contribution < 1.29 is 4.79 Å². The fourth-order valence-electron chi connectivity index (χ4n) is 1.33. The van der Waals surface area contributed by atoms with Crippen LogP contribution in [0.25, 0.3) is 0 Å². The van der Waals surface area contributed by atoms with Crippen LogP contribution >= 0.6 is 11.3 Å². The topological polar surface area (TPSA) is 41.1 Å². The summed E-state index contributed by atoms with van der Waals surface area (Å²) < 4.78 is 0. The third kappa shape index (κ3) is 4.44. The highest BCUT2D eigenvalue weighted by Gasteiger charge is 2.05. The lowest BCUT2D eigenvalue weighted by molar-refractivity contribution is -0.120. The molecule has 0 aliphatic heterocycles. The highest BCUT2D eigenvalue weighted by atomic mass is 32.1. The second-order valence-electron chi connectivity index (χ2n) is 3.47. The van der Waals surface area contributed by atoms with E-state index in [0.29, 0.717) is 12.5 Å². The van der Waals surface area contributed by atoms with Gasteiger partial charge in [-0.2, -0.15) is 0 Å². The Morgan fingerprint density at radius 1 is 1.60 bits per heavy atom. The molecule has 0 fully saturated rings. The number of rotatable bonds is 6. The normalized spacial score (nSPS) is 12.4. The SMILES string of the molecule is CNC(=O)CCCN[C@H](C)c1cccs1. The summed E-state index contributed by atoms with van der Waals surface area (Å²) in [5, 5.41) is 8.09. The maximum absolute atomic E-state index is 10.9. The first-order valence-electron chi connectivity index (χ1n) is 5.21. The zero-order valence-corrected chi connectivity index (χ0v) is 10.1. The summed E-state index contributed by atoms with van der Waals surface area (Å²) in [6.45, 7) is 3.03. The lowest BCUT2D eigenvalue weighted by Crippen LogP contribution is -2.22. The summed E-state index contributed by atoms with van der Waals surface area (Å²) in [7, 11) is 1.67. The van der Waals surface area contributed by atoms with Crippen molar-refractivity contribution in [1.82, 2.24) is 10.6 Å². The average molecular weight is 226 g/mol. The Labute approximate surface area is 94.9 Å². The van der Waals surface area contributed by atoms with Gasteiger partial charge >= 0.3 is 0 Å². The molecule has 1 aromatic rings. The molecule has 4 heteroatoms. The molecule has 2 N–H and O–H groups in total. The number of carbonyl (C=O) groups excluding carboxylic acids is 1. The molecule has 0 saturated carbocycles. The fourth-order valence-corrected chi connectivity index (χ4v) is 2.09. The van der Waals surface area contributed by atoms with Crippen molar-refractivity contribution >= 4 is 17.2 Å². The molecule has 0 bridgehead atoms. The molecule has 0 saturated heterocycles. The van der Waals surface area contributed by atoms with E-state index in [1.165, 1.54) is 4.88 Å². The minimum atomic E-state index is 0.112. The third-order valence-corrected chi connectivity index (χ3v) is 3.33. The van der Waals surface area contributed by atoms with Gasteiger partial charge in [0.1, 0.15) is 0 Å². The predicted molar refractivity (Wildman–Crippen MR) is 64.0 cm³/mol. The van der Waals surface area contributed by atoms with E-state index in [4.69, 9.17) is 0 Å². The quantitative estimate of drug-likeness (QED) is 0.728. The molecule has 1 rings (SSSR count). The highest BCUT2D eigenvalue weighted by molar-refractivity contribution is 7.10. The van der Waals surface area contributed by atoms with E-state index in [2.05, 4.69) is 35.1 Å². The van der Waals surface area contributed by atoms with Crippen molar-refractivity contribution in [2.45, 2.75) is 25.8 Å². The molecule has 3 nitrogen and oxygen atoms in total. The Bertz CT molecular complexity index is 285. The average Bonchev–Trinajstić information content (AvgIpc) is 2.77. The van der Waals surface area contributed by atoms with Gasteiger partial charge in [0.15, 0.2) is 0 Å². The zero-order valence-electron chi connectivity index (χ0n) is 9.25. The van der Waals surface area contributed by atoms with Gasteiger partial charge in [-0.25, -0.2) is 0 Å². The van der Waals surface area contributed by atoms with Gasteiger partial charge in [0.05, 0.1) is 0 Å². The molecule has 0 aliphatic carbocycles. The van der Waals surface area contributed by atoms with Gasteiger partial charge in [-0.1, -0.05) is 6.07 Å². The van der Waals surface area contributed by atoms with E-state index in [9.17, 15) is 4.79 Å². The van der Waals surface area contributed by atoms with E-state index in [0.717, 1.165) is 13.0 Å². The van der Waals surface area contributed by atoms with Crippen LogP contribution in [-0.2, 0) is 4.79 Å².